The molecular formula is C89H117N17O23. The molecular weight excluding hydrogens is 1680 g/mol. The Kier molecular flexibility index (Phi) is 36.9. The van der Waals surface area contributed by atoms with Crippen molar-refractivity contribution in [3.63, 3.8) is 0 Å². The summed E-state index contributed by atoms with van der Waals surface area (Å²) in [6.07, 6.45) is 6.61. The number of aliphatic hydroxyl groups is 1. The lowest BCUT2D eigenvalue weighted by Gasteiger charge is -2.31. The summed E-state index contributed by atoms with van der Waals surface area (Å²) in [5.41, 5.74) is 14.5. The predicted octanol–water partition coefficient (Wildman–Crippen LogP) is 3.36. The monoisotopic (exact) mass is 1790 g/mol. The molecule has 0 radical (unpaired) electrons. The summed E-state index contributed by atoms with van der Waals surface area (Å²) >= 11 is 0. The Balaban J connectivity index is 0.000000359. The zero-order valence-corrected chi connectivity index (χ0v) is 74.4. The van der Waals surface area contributed by atoms with Crippen molar-refractivity contribution in [2.75, 3.05) is 93.5 Å². The Morgan fingerprint density at radius 3 is 2.15 bits per heavy atom. The summed E-state index contributed by atoms with van der Waals surface area (Å²) in [5, 5.41) is 45.6. The minimum Gasteiger partial charge on any atom is -0.508 e. The number of nitrogens with two attached hydrogens (primary N) is 2. The summed E-state index contributed by atoms with van der Waals surface area (Å²) in [4.78, 5) is 207. The molecule has 10 rings (SSSR count). The van der Waals surface area contributed by atoms with Gasteiger partial charge in [-0.25, -0.2) is 24.0 Å². The van der Waals surface area contributed by atoms with Gasteiger partial charge >= 0.3 is 18.2 Å². The number of phenols is 1. The van der Waals surface area contributed by atoms with Crippen molar-refractivity contribution < 1.29 is 106 Å². The van der Waals surface area contributed by atoms with E-state index in [1.807, 2.05) is 13.8 Å². The number of likely N-dealkylation sites (N-methyl/N-ethyl adjacent to an activating group) is 2. The molecule has 7 heterocycles. The zero-order chi connectivity index (χ0) is 93.8. The molecule has 12 N–H and O–H groups in total. The first-order chi connectivity index (χ1) is 61.7. The van der Waals surface area contributed by atoms with Crippen LogP contribution in [0.3, 0.4) is 0 Å². The fourth-order valence-electron chi connectivity index (χ4n) is 15.2. The molecule has 0 spiro atoms. The number of guanidine groups is 1. The second kappa shape index (κ2) is 47.7. The lowest BCUT2D eigenvalue weighted by atomic mass is 9.86. The molecule has 129 heavy (non-hydrogen) atoms. The molecule has 6 aromatic rings. The predicted molar refractivity (Wildman–Crippen MR) is 467 cm³/mol. The van der Waals surface area contributed by atoms with E-state index in [2.05, 4.69) is 47.2 Å². The van der Waals surface area contributed by atoms with E-state index in [-0.39, 0.29) is 172 Å². The van der Waals surface area contributed by atoms with Gasteiger partial charge in [-0.2, -0.15) is 0 Å². The van der Waals surface area contributed by atoms with Crippen molar-refractivity contribution in [2.45, 2.75) is 201 Å². The van der Waals surface area contributed by atoms with Gasteiger partial charge in [0.1, 0.15) is 60.6 Å². The molecule has 1 fully saturated rings. The number of ketones is 5. The number of pyridine rings is 2. The first-order valence-electron chi connectivity index (χ1n) is 43.2. The third-order valence-corrected chi connectivity index (χ3v) is 22.5. The van der Waals surface area contributed by atoms with Crippen LogP contribution >= 0.6 is 0 Å². The molecule has 4 aliphatic rings. The molecule has 4 aromatic heterocycles. The summed E-state index contributed by atoms with van der Waals surface area (Å²) in [6, 6.07) is 9.54. The smallest absolute Gasteiger partial charge is 0.415 e. The number of ether oxygens (including phenoxy) is 6. The number of aliphatic imine (C=N–C) groups is 1. The number of nitrogens with one attached hydrogen (secondary N) is 6. The topological polar surface area (TPSA) is 548 Å². The van der Waals surface area contributed by atoms with Crippen LogP contribution in [0.2, 0.25) is 0 Å². The molecule has 1 saturated heterocycles. The number of cyclic esters (lactones) is 1. The number of benzene rings is 2. The average molecular weight is 1790 g/mol. The van der Waals surface area contributed by atoms with Gasteiger partial charge < -0.3 is 101 Å². The highest BCUT2D eigenvalue weighted by Gasteiger charge is 2.46. The fraction of sp³-hybridized carbons (Fsp3) is 0.517. The number of phenolic OH excluding ortho intramolecular Hbond substituents is 1. The lowest BCUT2D eigenvalue weighted by molar-refractivity contribution is -0.172. The first kappa shape index (κ1) is 99.8. The molecule has 1 aliphatic carbocycles. The van der Waals surface area contributed by atoms with Crippen molar-refractivity contribution in [2.24, 2.45) is 22.4 Å². The maximum atomic E-state index is 13.8. The Labute approximate surface area is 745 Å². The van der Waals surface area contributed by atoms with Gasteiger partial charge in [-0.05, 0) is 126 Å². The summed E-state index contributed by atoms with van der Waals surface area (Å²) in [7, 11) is 4.55. The van der Waals surface area contributed by atoms with Gasteiger partial charge in [0.05, 0.1) is 99.0 Å². The number of unbranched alkanes of at least 4 members (excludes halogenated alkanes) is 2. The summed E-state index contributed by atoms with van der Waals surface area (Å²) in [6.45, 7) is 11.5. The van der Waals surface area contributed by atoms with Gasteiger partial charge in [0.2, 0.25) is 41.2 Å². The van der Waals surface area contributed by atoms with Crippen LogP contribution in [-0.4, -0.2) is 249 Å². The highest BCUT2D eigenvalue weighted by Crippen LogP contribution is 2.41. The molecule has 3 aliphatic heterocycles. The molecule has 1 unspecified atom stereocenters. The number of aromatic nitrogens is 6. The van der Waals surface area contributed by atoms with E-state index in [0.717, 1.165) is 24.0 Å². The third kappa shape index (κ3) is 27.3. The minimum absolute atomic E-state index is 0.0147. The number of carbonyl (C=O) groups excluding carboxylic acids is 14. The molecule has 2 aromatic carbocycles. The molecule has 0 bridgehead atoms. The zero-order valence-electron chi connectivity index (χ0n) is 74.4. The average Bonchev–Trinajstić information content (AvgIpc) is 1.59. The maximum absolute atomic E-state index is 13.8. The van der Waals surface area contributed by atoms with Crippen LogP contribution < -0.4 is 53.7 Å². The second-order valence-corrected chi connectivity index (χ2v) is 32.0. The number of fused-ring (bicyclic) bond motifs is 6. The van der Waals surface area contributed by atoms with Gasteiger partial charge in [0.15, 0.2) is 23.1 Å². The minimum atomic E-state index is -1.96. The second-order valence-electron chi connectivity index (χ2n) is 32.0. The van der Waals surface area contributed by atoms with Crippen LogP contribution in [-0.2, 0) is 129 Å². The first-order valence-corrected chi connectivity index (χ1v) is 43.2. The van der Waals surface area contributed by atoms with Gasteiger partial charge in [-0.1, -0.05) is 57.4 Å². The van der Waals surface area contributed by atoms with E-state index in [9.17, 15) is 82.1 Å². The number of hydrogen-bond donors (Lipinski definition) is 10. The Bertz CT molecular complexity index is 5260. The number of esters is 1. The van der Waals surface area contributed by atoms with Crippen molar-refractivity contribution in [1.82, 2.24) is 70.8 Å². The lowest BCUT2D eigenvalue weighted by Crippen LogP contribution is -2.55. The standard InChI is InChI=1S/C59H72N10O16.C30H45N7O7/c1-8-40-41-28-39(15-16-46(41)62-52-42(40)31-69-47(52)29-45-44(55(69)75)34-83-56(76)59(45,79)9-2)85-58(78)66(7)19-18-65(6)57(77)84-33-43-36(4)68(53-48(71)27-35(3)54(74)51(43)53)32-50(73)61-17-21-80-23-25-82-26-24-81-22-20-67-30-37(63-64-67)13-14-38(70)11-10-12-49(72)60-5;1-3-4-5-7-23-29(44)37-22(8-6-13-33-30(31)32)28(43)34-17-26(41)35-24(14-18(2)38)25(40)16-20(27(42)36-23)15-19-9-11-21(39)12-10-19/h15-16,27-30,79H,8-14,17-26,31-34H2,1-7H3,(H,60,72)(H,61,73);9-12,20,22-24,39H,3-8,13-17H2,1-2H3,(H,34,43)(H,35,41)(H,36,42)(H,37,44)(H4,31,32,33)/t59-;20-,22-,23?,24-/m00/s1. The van der Waals surface area contributed by atoms with E-state index in [4.69, 9.17) is 44.9 Å². The normalized spacial score (nSPS) is 17.3. The largest absolute Gasteiger partial charge is 0.508 e. The number of nitrogens with zero attached hydrogens (tertiary/aromatic N) is 9. The fourth-order valence-corrected chi connectivity index (χ4v) is 15.2. The molecule has 0 saturated carbocycles. The molecule has 5 atom stereocenters. The summed E-state index contributed by atoms with van der Waals surface area (Å²) < 4.78 is 38.1. The van der Waals surface area contributed by atoms with Crippen molar-refractivity contribution in [1.29, 1.82) is 0 Å². The number of Topliss-reactive ketones (excluding diaryl/α,β-unsaturated/α-hetero) is 4. The number of rotatable bonds is 41. The number of aromatic hydroxyl groups is 1. The van der Waals surface area contributed by atoms with Gasteiger partial charge in [-0.3, -0.25) is 62.5 Å². The Morgan fingerprint density at radius 2 is 1.46 bits per heavy atom. The maximum Gasteiger partial charge on any atom is 0.415 e. The van der Waals surface area contributed by atoms with E-state index < -0.39 is 101 Å². The quantitative estimate of drug-likeness (QED) is 0.0114. The van der Waals surface area contributed by atoms with Crippen LogP contribution in [0.15, 0.2) is 76.2 Å². The van der Waals surface area contributed by atoms with Crippen molar-refractivity contribution in [3.8, 4) is 22.9 Å². The van der Waals surface area contributed by atoms with Crippen LogP contribution in [0.1, 0.15) is 184 Å². The van der Waals surface area contributed by atoms with Gasteiger partial charge in [-0.15, -0.1) is 5.10 Å². The van der Waals surface area contributed by atoms with E-state index in [0.29, 0.717) is 130 Å². The summed E-state index contributed by atoms with van der Waals surface area (Å²) in [5.74, 6) is -6.38. The highest BCUT2D eigenvalue weighted by molar-refractivity contribution is 6.25. The number of aryl methyl sites for hydroxylation is 2. The van der Waals surface area contributed by atoms with E-state index in [1.54, 1.807) is 72.7 Å². The van der Waals surface area contributed by atoms with Crippen LogP contribution in [0, 0.1) is 12.8 Å². The molecule has 696 valence electrons. The van der Waals surface area contributed by atoms with Crippen LogP contribution in [0.25, 0.3) is 22.3 Å². The van der Waals surface area contributed by atoms with Gasteiger partial charge in [0.25, 0.3) is 5.56 Å². The van der Waals surface area contributed by atoms with E-state index in [1.165, 1.54) is 60.5 Å². The molecule has 8 amide bonds. The van der Waals surface area contributed by atoms with Crippen molar-refractivity contribution >= 4 is 99.4 Å². The number of allylic oxidation sites excluding steroid dienone is 2. The number of amides is 8. The van der Waals surface area contributed by atoms with Crippen LogP contribution in [0.4, 0.5) is 9.59 Å². The highest BCUT2D eigenvalue weighted by atomic mass is 16.6. The number of hydrogen-bond acceptors (Lipinski definition) is 27. The van der Waals surface area contributed by atoms with Gasteiger partial charge in [0, 0.05) is 125 Å². The molecule has 40 nitrogen and oxygen atoms in total. The SMILES string of the molecule is CCCCCC1NC(=O)[C@@H](Cc2ccc(O)cc2)CC(=O)[C@H](CC(C)=O)NC(=O)CNC(=O)[C@H](CCCN=C(N)N)NC1=O.CCc1c2c(nc3ccc(OC(=O)N(C)CCN(C)C(=O)OCc4c5c(n(CC(=O)NCCOCCOCCOCCn6cc(CCC(=O)CCCC(=O)NC)nn6)c4C)C(=O)C=C(C)C5=O)cc13)-c1cc3c(c(=O)n1C2)COC(=O)[C@]3(O)CC. The van der Waals surface area contributed by atoms with Crippen molar-refractivity contribution in [3.05, 3.63) is 133 Å². The third-order valence-electron chi connectivity index (χ3n) is 22.5. The van der Waals surface area contributed by atoms with E-state index >= 15 is 0 Å². The Morgan fingerprint density at radius 1 is 0.767 bits per heavy atom. The Hall–Kier alpha value is -13.0. The van der Waals surface area contributed by atoms with Crippen LogP contribution in [0.5, 0.6) is 11.5 Å². The molecule has 40 heteroatoms. The number of carbonyl (C=O) groups is 14.